The number of piperazine rings is 1. The summed E-state index contributed by atoms with van der Waals surface area (Å²) in [5.74, 6) is 1.20. The molecule has 1 fully saturated rings. The lowest BCUT2D eigenvalue weighted by Gasteiger charge is -2.34. The second-order valence-corrected chi connectivity index (χ2v) is 5.93. The van der Waals surface area contributed by atoms with Crippen molar-refractivity contribution < 1.29 is 9.32 Å². The molecule has 8 heteroatoms. The van der Waals surface area contributed by atoms with E-state index in [2.05, 4.69) is 22.0 Å². The van der Waals surface area contributed by atoms with Crippen LogP contribution >= 0.6 is 12.4 Å². The van der Waals surface area contributed by atoms with E-state index in [1.165, 1.54) is 5.56 Å². The minimum Gasteiger partial charge on any atom is -0.338 e. The van der Waals surface area contributed by atoms with Gasteiger partial charge in [-0.15, -0.1) is 12.4 Å². The van der Waals surface area contributed by atoms with Gasteiger partial charge in [0.05, 0.1) is 13.1 Å². The Hall–Kier alpha value is -1.96. The number of hydrogen-bond acceptors (Lipinski definition) is 6. The van der Waals surface area contributed by atoms with E-state index < -0.39 is 0 Å². The molecule has 0 saturated carbocycles. The summed E-state index contributed by atoms with van der Waals surface area (Å²) in [4.78, 5) is 20.9. The highest BCUT2D eigenvalue weighted by molar-refractivity contribution is 5.94. The molecule has 0 radical (unpaired) electrons. The summed E-state index contributed by atoms with van der Waals surface area (Å²) in [6, 6.07) is 7.88. The standard InChI is InChI=1S/C17H23N5O2.ClH/c1-2-13-3-5-14(6-4-13)17(23)22-9-7-21(8-10-22)12-15-19-16(11-18)24-20-15;/h3-6H,2,7-12,18H2,1H3;1H. The molecular weight excluding hydrogens is 342 g/mol. The van der Waals surface area contributed by atoms with E-state index in [9.17, 15) is 4.79 Å². The number of halogens is 1. The van der Waals surface area contributed by atoms with Crippen molar-refractivity contribution in [1.82, 2.24) is 19.9 Å². The first kappa shape index (κ1) is 19.4. The Bertz CT molecular complexity index is 681. The number of carbonyl (C=O) groups is 1. The van der Waals surface area contributed by atoms with Crippen LogP contribution in [-0.2, 0) is 19.5 Å². The van der Waals surface area contributed by atoms with Crippen LogP contribution < -0.4 is 5.73 Å². The highest BCUT2D eigenvalue weighted by atomic mass is 35.5. The zero-order valence-corrected chi connectivity index (χ0v) is 15.2. The lowest BCUT2D eigenvalue weighted by molar-refractivity contribution is 0.0624. The number of benzene rings is 1. The minimum absolute atomic E-state index is 0. The number of amides is 1. The molecule has 1 amide bonds. The summed E-state index contributed by atoms with van der Waals surface area (Å²) < 4.78 is 5.01. The van der Waals surface area contributed by atoms with Gasteiger partial charge in [0.2, 0.25) is 5.89 Å². The molecule has 1 aromatic carbocycles. The maximum atomic E-state index is 12.6. The second kappa shape index (κ2) is 8.94. The van der Waals surface area contributed by atoms with E-state index in [1.54, 1.807) is 0 Å². The lowest BCUT2D eigenvalue weighted by Crippen LogP contribution is -2.48. The normalized spacial score (nSPS) is 15.0. The van der Waals surface area contributed by atoms with Gasteiger partial charge < -0.3 is 15.2 Å². The van der Waals surface area contributed by atoms with Crippen LogP contribution in [-0.4, -0.2) is 52.0 Å². The van der Waals surface area contributed by atoms with E-state index in [0.717, 1.165) is 25.1 Å². The molecule has 1 saturated heterocycles. The number of nitrogens with zero attached hydrogens (tertiary/aromatic N) is 4. The smallest absolute Gasteiger partial charge is 0.253 e. The molecule has 0 aliphatic carbocycles. The molecule has 2 heterocycles. The SMILES string of the molecule is CCc1ccc(C(=O)N2CCN(Cc3noc(CN)n3)CC2)cc1.Cl. The molecule has 0 atom stereocenters. The Labute approximate surface area is 153 Å². The molecule has 0 bridgehead atoms. The molecule has 1 aliphatic rings. The monoisotopic (exact) mass is 365 g/mol. The Balaban J connectivity index is 0.00000225. The predicted octanol–water partition coefficient (Wildman–Crippen LogP) is 1.47. The Morgan fingerprint density at radius 2 is 1.88 bits per heavy atom. The fourth-order valence-corrected chi connectivity index (χ4v) is 2.81. The first-order valence-electron chi connectivity index (χ1n) is 8.31. The van der Waals surface area contributed by atoms with Crippen molar-refractivity contribution in [3.05, 3.63) is 47.1 Å². The Morgan fingerprint density at radius 3 is 2.44 bits per heavy atom. The van der Waals surface area contributed by atoms with Gasteiger partial charge in [0.15, 0.2) is 5.82 Å². The lowest BCUT2D eigenvalue weighted by atomic mass is 10.1. The highest BCUT2D eigenvalue weighted by Gasteiger charge is 2.23. The van der Waals surface area contributed by atoms with E-state index in [0.29, 0.717) is 31.3 Å². The zero-order valence-electron chi connectivity index (χ0n) is 14.4. The van der Waals surface area contributed by atoms with Crippen LogP contribution in [0.15, 0.2) is 28.8 Å². The third kappa shape index (κ3) is 4.78. The molecule has 136 valence electrons. The van der Waals surface area contributed by atoms with Crippen LogP contribution in [0.25, 0.3) is 0 Å². The zero-order chi connectivity index (χ0) is 16.9. The molecule has 3 rings (SSSR count). The number of aromatic nitrogens is 2. The van der Waals surface area contributed by atoms with E-state index in [1.807, 2.05) is 29.2 Å². The maximum absolute atomic E-state index is 12.6. The van der Waals surface area contributed by atoms with Gasteiger partial charge >= 0.3 is 0 Å². The summed E-state index contributed by atoms with van der Waals surface area (Å²) >= 11 is 0. The molecule has 0 unspecified atom stereocenters. The third-order valence-corrected chi connectivity index (χ3v) is 4.32. The van der Waals surface area contributed by atoms with Gasteiger partial charge in [-0.2, -0.15) is 4.98 Å². The van der Waals surface area contributed by atoms with Gasteiger partial charge in [0.25, 0.3) is 5.91 Å². The molecule has 7 nitrogen and oxygen atoms in total. The largest absolute Gasteiger partial charge is 0.338 e. The Morgan fingerprint density at radius 1 is 1.20 bits per heavy atom. The predicted molar refractivity (Wildman–Crippen MR) is 96.4 cm³/mol. The van der Waals surface area contributed by atoms with E-state index in [4.69, 9.17) is 10.3 Å². The van der Waals surface area contributed by atoms with Crippen LogP contribution in [0, 0.1) is 0 Å². The number of rotatable bonds is 5. The van der Waals surface area contributed by atoms with Crippen molar-refractivity contribution >= 4 is 18.3 Å². The van der Waals surface area contributed by atoms with Gasteiger partial charge in [-0.25, -0.2) is 0 Å². The Kier molecular flexibility index (Phi) is 6.92. The van der Waals surface area contributed by atoms with Crippen LogP contribution in [0.4, 0.5) is 0 Å². The van der Waals surface area contributed by atoms with Gasteiger partial charge in [-0.05, 0) is 24.1 Å². The van der Waals surface area contributed by atoms with Crippen molar-refractivity contribution in [1.29, 1.82) is 0 Å². The van der Waals surface area contributed by atoms with Crippen molar-refractivity contribution in [2.24, 2.45) is 5.73 Å². The van der Waals surface area contributed by atoms with Gasteiger partial charge in [-0.3, -0.25) is 9.69 Å². The summed E-state index contributed by atoms with van der Waals surface area (Å²) in [6.45, 7) is 5.99. The molecule has 1 aliphatic heterocycles. The number of aryl methyl sites for hydroxylation is 1. The van der Waals surface area contributed by atoms with E-state index >= 15 is 0 Å². The minimum atomic E-state index is 0. The van der Waals surface area contributed by atoms with Crippen LogP contribution in [0.5, 0.6) is 0 Å². The van der Waals surface area contributed by atoms with Crippen LogP contribution in [0.2, 0.25) is 0 Å². The molecule has 2 aromatic rings. The fourth-order valence-electron chi connectivity index (χ4n) is 2.81. The van der Waals surface area contributed by atoms with Crippen molar-refractivity contribution in [2.45, 2.75) is 26.4 Å². The molecule has 1 aromatic heterocycles. The molecular formula is C17H24ClN5O2. The summed E-state index contributed by atoms with van der Waals surface area (Å²) in [5.41, 5.74) is 7.47. The summed E-state index contributed by atoms with van der Waals surface area (Å²) in [6.07, 6.45) is 0.981. The number of nitrogens with two attached hydrogens (primary N) is 1. The van der Waals surface area contributed by atoms with Crippen molar-refractivity contribution in [2.75, 3.05) is 26.2 Å². The quantitative estimate of drug-likeness (QED) is 0.863. The van der Waals surface area contributed by atoms with E-state index in [-0.39, 0.29) is 24.9 Å². The summed E-state index contributed by atoms with van der Waals surface area (Å²) in [7, 11) is 0. The third-order valence-electron chi connectivity index (χ3n) is 4.32. The van der Waals surface area contributed by atoms with Crippen LogP contribution in [0.1, 0.15) is 34.6 Å². The second-order valence-electron chi connectivity index (χ2n) is 5.93. The van der Waals surface area contributed by atoms with Gasteiger partial charge in [0, 0.05) is 31.7 Å². The number of hydrogen-bond donors (Lipinski definition) is 1. The van der Waals surface area contributed by atoms with Crippen molar-refractivity contribution in [3.8, 4) is 0 Å². The molecule has 25 heavy (non-hydrogen) atoms. The first-order chi connectivity index (χ1) is 11.7. The molecule has 2 N–H and O–H groups in total. The summed E-state index contributed by atoms with van der Waals surface area (Å²) in [5, 5.41) is 3.91. The van der Waals surface area contributed by atoms with Crippen LogP contribution in [0.3, 0.4) is 0 Å². The average Bonchev–Trinajstić information content (AvgIpc) is 3.09. The van der Waals surface area contributed by atoms with Gasteiger partial charge in [-0.1, -0.05) is 24.2 Å². The molecule has 0 spiro atoms. The highest BCUT2D eigenvalue weighted by Crippen LogP contribution is 2.12. The first-order valence-corrected chi connectivity index (χ1v) is 8.31. The van der Waals surface area contributed by atoms with Gasteiger partial charge in [0.1, 0.15) is 0 Å². The average molecular weight is 366 g/mol. The van der Waals surface area contributed by atoms with Crippen molar-refractivity contribution in [3.63, 3.8) is 0 Å². The fraction of sp³-hybridized carbons (Fsp3) is 0.471. The number of carbonyl (C=O) groups excluding carboxylic acids is 1. The maximum Gasteiger partial charge on any atom is 0.253 e. The topological polar surface area (TPSA) is 88.5 Å².